The molecule has 0 unspecified atom stereocenters. The molecule has 0 amide bonds. The Morgan fingerprint density at radius 3 is 2.66 bits per heavy atom. The number of fused-ring (bicyclic) bond motifs is 1. The van der Waals surface area contributed by atoms with Gasteiger partial charge in [-0.25, -0.2) is 4.98 Å². The Labute approximate surface area is 186 Å². The van der Waals surface area contributed by atoms with Gasteiger partial charge in [-0.2, -0.15) is 5.10 Å². The van der Waals surface area contributed by atoms with Crippen molar-refractivity contribution in [3.05, 3.63) is 84.1 Å². The third-order valence-electron chi connectivity index (χ3n) is 4.94. The molecule has 0 atom stereocenters. The third-order valence-corrected chi connectivity index (χ3v) is 4.94. The smallest absolute Gasteiger partial charge is 0.154 e. The van der Waals surface area contributed by atoms with Crippen LogP contribution in [0.25, 0.3) is 16.6 Å². The van der Waals surface area contributed by atoms with E-state index in [2.05, 4.69) is 49.6 Å². The zero-order valence-electron chi connectivity index (χ0n) is 17.9. The molecule has 4 rings (SSSR count). The van der Waals surface area contributed by atoms with E-state index in [-0.39, 0.29) is 0 Å². The van der Waals surface area contributed by atoms with Gasteiger partial charge in [-0.3, -0.25) is 9.97 Å². The molecule has 0 aliphatic rings. The minimum atomic E-state index is 0.362. The number of aromatic nitrogens is 5. The van der Waals surface area contributed by atoms with Crippen LogP contribution >= 0.6 is 0 Å². The lowest BCUT2D eigenvalue weighted by molar-refractivity contribution is 0.843. The van der Waals surface area contributed by atoms with Crippen molar-refractivity contribution in [2.45, 2.75) is 26.3 Å². The van der Waals surface area contributed by atoms with E-state index in [1.54, 1.807) is 24.8 Å². The first-order valence-electron chi connectivity index (χ1n) is 10.3. The first-order chi connectivity index (χ1) is 15.6. The number of nitrogens with zero attached hydrogens (tertiary/aromatic N) is 5. The summed E-state index contributed by atoms with van der Waals surface area (Å²) in [6.45, 7) is 4.87. The van der Waals surface area contributed by atoms with Crippen molar-refractivity contribution in [2.24, 2.45) is 0 Å². The highest BCUT2D eigenvalue weighted by atomic mass is 15.2. The second-order valence-corrected chi connectivity index (χ2v) is 7.59. The normalized spacial score (nSPS) is 11.5. The second kappa shape index (κ2) is 9.74. The number of nitrogens with one attached hydrogen (secondary N) is 3. The van der Waals surface area contributed by atoms with E-state index in [4.69, 9.17) is 5.41 Å². The Morgan fingerprint density at radius 2 is 1.88 bits per heavy atom. The van der Waals surface area contributed by atoms with E-state index < -0.39 is 0 Å². The number of hydrogen-bond donors (Lipinski definition) is 3. The highest BCUT2D eigenvalue weighted by Gasteiger charge is 2.07. The Bertz CT molecular complexity index is 1250. The Morgan fingerprint density at radius 1 is 1.03 bits per heavy atom. The van der Waals surface area contributed by atoms with Crippen LogP contribution in [0.15, 0.2) is 67.4 Å². The molecule has 4 aromatic heterocycles. The van der Waals surface area contributed by atoms with Gasteiger partial charge < -0.3 is 16.0 Å². The molecule has 0 aromatic carbocycles. The molecule has 8 heteroatoms. The SMILES string of the molecule is CC(C)c1cnnc(Nc2ccc3ncc(/C(C=N)=C/NCc4ccncc4)cc3n2)c1. The van der Waals surface area contributed by atoms with Crippen LogP contribution in [0.2, 0.25) is 0 Å². The van der Waals surface area contributed by atoms with Crippen LogP contribution < -0.4 is 10.6 Å². The third kappa shape index (κ3) is 5.10. The van der Waals surface area contributed by atoms with Crippen molar-refractivity contribution in [1.29, 1.82) is 5.41 Å². The summed E-state index contributed by atoms with van der Waals surface area (Å²) >= 11 is 0. The fourth-order valence-electron chi connectivity index (χ4n) is 3.11. The minimum absolute atomic E-state index is 0.362. The maximum Gasteiger partial charge on any atom is 0.154 e. The van der Waals surface area contributed by atoms with Gasteiger partial charge in [0.15, 0.2) is 5.82 Å². The molecule has 160 valence electrons. The molecule has 4 aromatic rings. The van der Waals surface area contributed by atoms with Gasteiger partial charge in [0, 0.05) is 48.7 Å². The van der Waals surface area contributed by atoms with Crippen molar-refractivity contribution in [3.63, 3.8) is 0 Å². The second-order valence-electron chi connectivity index (χ2n) is 7.59. The van der Waals surface area contributed by atoms with Gasteiger partial charge in [-0.05, 0) is 53.4 Å². The predicted octanol–water partition coefficient (Wildman–Crippen LogP) is 4.46. The van der Waals surface area contributed by atoms with Crippen LogP contribution in [0.3, 0.4) is 0 Å². The number of hydrogen-bond acceptors (Lipinski definition) is 8. The van der Waals surface area contributed by atoms with Gasteiger partial charge in [0.05, 0.1) is 17.2 Å². The molecule has 8 nitrogen and oxygen atoms in total. The summed E-state index contributed by atoms with van der Waals surface area (Å²) in [4.78, 5) is 13.2. The average Bonchev–Trinajstić information content (AvgIpc) is 2.82. The Balaban J connectivity index is 1.55. The van der Waals surface area contributed by atoms with Gasteiger partial charge in [0.1, 0.15) is 5.82 Å². The minimum Gasteiger partial charge on any atom is -0.386 e. The van der Waals surface area contributed by atoms with Crippen molar-refractivity contribution in [3.8, 4) is 0 Å². The maximum absolute atomic E-state index is 7.81. The molecule has 0 aliphatic carbocycles. The summed E-state index contributed by atoms with van der Waals surface area (Å²) in [6.07, 6.45) is 10.2. The highest BCUT2D eigenvalue weighted by molar-refractivity contribution is 6.08. The van der Waals surface area contributed by atoms with E-state index in [0.717, 1.165) is 27.7 Å². The van der Waals surface area contributed by atoms with Gasteiger partial charge in [-0.15, -0.1) is 5.10 Å². The average molecular weight is 425 g/mol. The van der Waals surface area contributed by atoms with Crippen molar-refractivity contribution >= 4 is 34.5 Å². The number of allylic oxidation sites excluding steroid dienone is 1. The maximum atomic E-state index is 7.81. The molecule has 0 radical (unpaired) electrons. The summed E-state index contributed by atoms with van der Waals surface area (Å²) in [6, 6.07) is 11.6. The van der Waals surface area contributed by atoms with E-state index in [9.17, 15) is 0 Å². The first kappa shape index (κ1) is 21.0. The molecule has 0 spiro atoms. The number of rotatable bonds is 8. The zero-order chi connectivity index (χ0) is 22.3. The molecule has 32 heavy (non-hydrogen) atoms. The summed E-state index contributed by atoms with van der Waals surface area (Å²) in [7, 11) is 0. The standard InChI is InChI=1S/C24H24N8/c1-16(2)18-10-24(32-29-15-18)31-23-4-3-21-22(30-23)9-19(14-28-21)20(11-25)13-27-12-17-5-7-26-8-6-17/h3-11,13-16,25,27H,12H2,1-2H3,(H,30,31,32)/b20-13+,25-11?. The van der Waals surface area contributed by atoms with Gasteiger partial charge in [0.2, 0.25) is 0 Å². The largest absolute Gasteiger partial charge is 0.386 e. The Kier molecular flexibility index (Phi) is 6.41. The molecule has 4 heterocycles. The highest BCUT2D eigenvalue weighted by Crippen LogP contribution is 2.21. The van der Waals surface area contributed by atoms with E-state index in [1.165, 1.54) is 6.21 Å². The first-order valence-corrected chi connectivity index (χ1v) is 10.3. The van der Waals surface area contributed by atoms with Gasteiger partial charge in [0.25, 0.3) is 0 Å². The molecule has 0 saturated carbocycles. The fraction of sp³-hybridized carbons (Fsp3) is 0.167. The molecule has 3 N–H and O–H groups in total. The molecule has 0 fully saturated rings. The summed E-state index contributed by atoms with van der Waals surface area (Å²) in [5, 5.41) is 22.5. The van der Waals surface area contributed by atoms with E-state index >= 15 is 0 Å². The van der Waals surface area contributed by atoms with Crippen LogP contribution in [0, 0.1) is 5.41 Å². The molecule has 0 bridgehead atoms. The van der Waals surface area contributed by atoms with Crippen molar-refractivity contribution in [1.82, 2.24) is 30.5 Å². The number of anilines is 2. The lowest BCUT2D eigenvalue weighted by Crippen LogP contribution is -2.06. The molecular formula is C24H24N8. The predicted molar refractivity (Wildman–Crippen MR) is 127 cm³/mol. The van der Waals surface area contributed by atoms with E-state index in [0.29, 0.717) is 29.7 Å². The quantitative estimate of drug-likeness (QED) is 0.358. The summed E-state index contributed by atoms with van der Waals surface area (Å²) in [5.41, 5.74) is 5.23. The summed E-state index contributed by atoms with van der Waals surface area (Å²) in [5.74, 6) is 1.66. The number of pyridine rings is 3. The van der Waals surface area contributed by atoms with Crippen LogP contribution in [-0.2, 0) is 6.54 Å². The molecule has 0 aliphatic heterocycles. The van der Waals surface area contributed by atoms with Gasteiger partial charge in [-0.1, -0.05) is 13.8 Å². The van der Waals surface area contributed by atoms with Crippen molar-refractivity contribution < 1.29 is 0 Å². The Hall–Kier alpha value is -4.20. The van der Waals surface area contributed by atoms with Crippen LogP contribution in [0.5, 0.6) is 0 Å². The van der Waals surface area contributed by atoms with Crippen LogP contribution in [-0.4, -0.2) is 31.4 Å². The summed E-state index contributed by atoms with van der Waals surface area (Å²) < 4.78 is 0. The van der Waals surface area contributed by atoms with Crippen molar-refractivity contribution in [2.75, 3.05) is 5.32 Å². The fourth-order valence-corrected chi connectivity index (χ4v) is 3.11. The molecular weight excluding hydrogens is 400 g/mol. The zero-order valence-corrected chi connectivity index (χ0v) is 17.9. The lowest BCUT2D eigenvalue weighted by Gasteiger charge is -2.09. The van der Waals surface area contributed by atoms with E-state index in [1.807, 2.05) is 42.6 Å². The van der Waals surface area contributed by atoms with Crippen LogP contribution in [0.1, 0.15) is 36.5 Å². The van der Waals surface area contributed by atoms with Gasteiger partial charge >= 0.3 is 0 Å². The monoisotopic (exact) mass is 424 g/mol. The van der Waals surface area contributed by atoms with Crippen LogP contribution in [0.4, 0.5) is 11.6 Å². The lowest BCUT2D eigenvalue weighted by atomic mass is 10.1. The topological polar surface area (TPSA) is 112 Å². The molecule has 0 saturated heterocycles.